The lowest BCUT2D eigenvalue weighted by molar-refractivity contribution is -0.136. The van der Waals surface area contributed by atoms with Crippen molar-refractivity contribution in [3.63, 3.8) is 0 Å². The van der Waals surface area contributed by atoms with Gasteiger partial charge >= 0.3 is 6.01 Å². The van der Waals surface area contributed by atoms with Gasteiger partial charge in [0.1, 0.15) is 23.7 Å². The maximum atomic E-state index is 16.7. The number of phenols is 1. The quantitative estimate of drug-likeness (QED) is 0.303. The molecule has 11 heteroatoms. The highest BCUT2D eigenvalue weighted by atomic mass is 19.1. The number of nitrogens with zero attached hydrogens (tertiary/aromatic N) is 5. The van der Waals surface area contributed by atoms with Crippen molar-refractivity contribution in [3.8, 4) is 22.9 Å². The Morgan fingerprint density at radius 1 is 1.00 bits per heavy atom. The van der Waals surface area contributed by atoms with Crippen LogP contribution in [0.5, 0.6) is 11.8 Å². The van der Waals surface area contributed by atoms with Gasteiger partial charge < -0.3 is 30.3 Å². The highest BCUT2D eigenvalue weighted by molar-refractivity contribution is 6.01. The average molecular weight is 613 g/mol. The van der Waals surface area contributed by atoms with Gasteiger partial charge in [-0.2, -0.15) is 9.97 Å². The molecular weight excluding hydrogens is 575 g/mol. The number of halogens is 1. The number of aromatic nitrogens is 2. The van der Waals surface area contributed by atoms with Gasteiger partial charge in [0, 0.05) is 55.0 Å². The summed E-state index contributed by atoms with van der Waals surface area (Å²) < 4.78 is 22.9. The highest BCUT2D eigenvalue weighted by Crippen LogP contribution is 2.40. The van der Waals surface area contributed by atoms with E-state index in [-0.39, 0.29) is 54.2 Å². The van der Waals surface area contributed by atoms with Crippen molar-refractivity contribution >= 4 is 39.3 Å². The fourth-order valence-electron chi connectivity index (χ4n) is 7.36. The largest absolute Gasteiger partial charge is 0.508 e. The molecule has 10 nitrogen and oxygen atoms in total. The van der Waals surface area contributed by atoms with E-state index in [1.165, 1.54) is 0 Å². The van der Waals surface area contributed by atoms with Gasteiger partial charge in [-0.15, -0.1) is 0 Å². The number of aromatic hydroxyl groups is 1. The predicted molar refractivity (Wildman–Crippen MR) is 170 cm³/mol. The smallest absolute Gasteiger partial charge is 0.319 e. The molecule has 7 rings (SSSR count). The standard InChI is InChI=1S/C34H37FN6O4/c1-39-14-4-6-23(39)19-45-34-37-32-27(11-10-26(31(32)35)28-16-24(42)15-20-5-2-3-7-25(20)28)33(38-34)40-17-21-8-9-22(18-40)41(21)30(44)13-12-29(36)43/h2-3,5,7,10-11,15-16,21-23,42H,4,6,8-9,12-14,17-19H2,1H3,(H2,36,43)/t21-,22+,23-/m0/s1. The number of piperazine rings is 1. The number of carbonyl (C=O) groups is 2. The Kier molecular flexibility index (Phi) is 7.64. The number of rotatable bonds is 8. The number of carbonyl (C=O) groups excluding carboxylic acids is 2. The molecule has 0 spiro atoms. The average Bonchev–Trinajstić information content (AvgIpc) is 3.56. The number of likely N-dealkylation sites (tertiary alicyclic amines) is 1. The summed E-state index contributed by atoms with van der Waals surface area (Å²) >= 11 is 0. The van der Waals surface area contributed by atoms with Gasteiger partial charge in [-0.3, -0.25) is 9.59 Å². The van der Waals surface area contributed by atoms with E-state index in [0.717, 1.165) is 43.0 Å². The van der Waals surface area contributed by atoms with Crippen LogP contribution in [-0.2, 0) is 9.59 Å². The fraction of sp³-hybridized carbons (Fsp3) is 0.412. The second kappa shape index (κ2) is 11.8. The maximum absolute atomic E-state index is 16.7. The first-order valence-corrected chi connectivity index (χ1v) is 15.7. The van der Waals surface area contributed by atoms with Crippen molar-refractivity contribution in [1.29, 1.82) is 0 Å². The zero-order chi connectivity index (χ0) is 31.2. The molecule has 3 aliphatic rings. The summed E-state index contributed by atoms with van der Waals surface area (Å²) in [4.78, 5) is 40.1. The maximum Gasteiger partial charge on any atom is 0.319 e. The van der Waals surface area contributed by atoms with Crippen LogP contribution in [0.15, 0.2) is 48.5 Å². The van der Waals surface area contributed by atoms with Crippen molar-refractivity contribution in [2.45, 2.75) is 56.7 Å². The number of anilines is 1. The van der Waals surface area contributed by atoms with Gasteiger partial charge in [0.25, 0.3) is 0 Å². The van der Waals surface area contributed by atoms with Crippen LogP contribution in [0, 0.1) is 5.82 Å². The van der Waals surface area contributed by atoms with Crippen LogP contribution in [-0.4, -0.2) is 88.1 Å². The van der Waals surface area contributed by atoms with Gasteiger partial charge in [-0.1, -0.05) is 30.3 Å². The fourth-order valence-corrected chi connectivity index (χ4v) is 7.36. The number of hydrogen-bond donors (Lipinski definition) is 2. The summed E-state index contributed by atoms with van der Waals surface area (Å²) in [5.41, 5.74) is 6.34. The van der Waals surface area contributed by atoms with Crippen LogP contribution in [0.4, 0.5) is 10.2 Å². The van der Waals surface area contributed by atoms with Crippen LogP contribution in [0.25, 0.3) is 32.8 Å². The van der Waals surface area contributed by atoms with Crippen LogP contribution in [0.1, 0.15) is 38.5 Å². The Hall–Kier alpha value is -4.51. The molecule has 234 valence electrons. The predicted octanol–water partition coefficient (Wildman–Crippen LogP) is 4.21. The van der Waals surface area contributed by atoms with E-state index in [4.69, 9.17) is 15.5 Å². The van der Waals surface area contributed by atoms with E-state index in [1.807, 2.05) is 35.2 Å². The van der Waals surface area contributed by atoms with Crippen LogP contribution in [0.2, 0.25) is 0 Å². The Bertz CT molecular complexity index is 1790. The molecule has 2 amide bonds. The lowest BCUT2D eigenvalue weighted by Crippen LogP contribution is -2.56. The minimum atomic E-state index is -0.516. The first-order valence-electron chi connectivity index (χ1n) is 15.7. The van der Waals surface area contributed by atoms with Gasteiger partial charge in [0.15, 0.2) is 5.82 Å². The van der Waals surface area contributed by atoms with E-state index in [0.29, 0.717) is 42.0 Å². The van der Waals surface area contributed by atoms with E-state index in [9.17, 15) is 14.7 Å². The highest BCUT2D eigenvalue weighted by Gasteiger charge is 2.43. The molecular formula is C34H37FN6O4. The molecule has 4 aromatic rings. The number of benzene rings is 3. The molecule has 4 heterocycles. The summed E-state index contributed by atoms with van der Waals surface area (Å²) in [7, 11) is 2.07. The number of primary amides is 1. The molecule has 0 unspecified atom stereocenters. The number of likely N-dealkylation sites (N-methyl/N-ethyl adjacent to an activating group) is 1. The van der Waals surface area contributed by atoms with E-state index in [2.05, 4.69) is 21.8 Å². The second-order valence-electron chi connectivity index (χ2n) is 12.5. The van der Waals surface area contributed by atoms with E-state index >= 15 is 4.39 Å². The molecule has 0 saturated carbocycles. The van der Waals surface area contributed by atoms with Crippen LogP contribution < -0.4 is 15.4 Å². The number of amides is 2. The van der Waals surface area contributed by atoms with Gasteiger partial charge in [-0.05, 0) is 73.8 Å². The van der Waals surface area contributed by atoms with Crippen LogP contribution in [0.3, 0.4) is 0 Å². The number of hydrogen-bond acceptors (Lipinski definition) is 8. The molecule has 3 aliphatic heterocycles. The first-order chi connectivity index (χ1) is 21.8. The SMILES string of the molecule is CN1CCC[C@H]1COc1nc(N2C[C@H]3CC[C@@H](C2)N3C(=O)CCC(N)=O)c2ccc(-c3cc(O)cc4ccccc34)c(F)c2n1. The third-order valence-corrected chi connectivity index (χ3v) is 9.63. The molecule has 3 aromatic carbocycles. The summed E-state index contributed by atoms with van der Waals surface area (Å²) in [6, 6.07) is 14.6. The minimum Gasteiger partial charge on any atom is -0.508 e. The number of phenolic OH excluding ortho intramolecular Hbond substituents is 1. The Labute approximate surface area is 260 Å². The molecule has 3 atom stereocenters. The van der Waals surface area contributed by atoms with Crippen molar-refractivity contribution in [3.05, 3.63) is 54.3 Å². The lowest BCUT2D eigenvalue weighted by Gasteiger charge is -2.42. The minimum absolute atomic E-state index is 0.0298. The molecule has 3 fully saturated rings. The summed E-state index contributed by atoms with van der Waals surface area (Å²) in [5.74, 6) is -0.444. The third-order valence-electron chi connectivity index (χ3n) is 9.63. The topological polar surface area (TPSA) is 125 Å². The van der Waals surface area contributed by atoms with Gasteiger partial charge in [-0.25, -0.2) is 4.39 Å². The Morgan fingerprint density at radius 2 is 1.78 bits per heavy atom. The van der Waals surface area contributed by atoms with E-state index in [1.54, 1.807) is 18.2 Å². The van der Waals surface area contributed by atoms with Crippen molar-refractivity contribution in [2.24, 2.45) is 5.73 Å². The summed E-state index contributed by atoms with van der Waals surface area (Å²) in [6.45, 7) is 2.44. The molecule has 3 N–H and O–H groups in total. The van der Waals surface area contributed by atoms with Gasteiger partial charge in [0.05, 0.1) is 0 Å². The molecule has 3 saturated heterocycles. The second-order valence-corrected chi connectivity index (χ2v) is 12.5. The zero-order valence-electron chi connectivity index (χ0n) is 25.3. The Morgan fingerprint density at radius 3 is 2.51 bits per heavy atom. The number of fused-ring (bicyclic) bond motifs is 4. The van der Waals surface area contributed by atoms with Gasteiger partial charge in [0.2, 0.25) is 11.8 Å². The molecule has 45 heavy (non-hydrogen) atoms. The van der Waals surface area contributed by atoms with E-state index < -0.39 is 11.7 Å². The Balaban J connectivity index is 1.28. The molecule has 1 aromatic heterocycles. The molecule has 2 bridgehead atoms. The molecule has 0 aliphatic carbocycles. The van der Waals surface area contributed by atoms with Crippen molar-refractivity contribution < 1.29 is 23.8 Å². The normalized spacial score (nSPS) is 21.6. The van der Waals surface area contributed by atoms with Crippen molar-refractivity contribution in [1.82, 2.24) is 19.8 Å². The van der Waals surface area contributed by atoms with Crippen LogP contribution >= 0.6 is 0 Å². The lowest BCUT2D eigenvalue weighted by atomic mass is 9.96. The summed E-state index contributed by atoms with van der Waals surface area (Å²) in [5, 5.41) is 12.7. The molecule has 0 radical (unpaired) electrons. The zero-order valence-corrected chi connectivity index (χ0v) is 25.3. The van der Waals surface area contributed by atoms with Crippen molar-refractivity contribution in [2.75, 3.05) is 38.2 Å². The first kappa shape index (κ1) is 29.2. The third kappa shape index (κ3) is 5.50. The number of ether oxygens (including phenoxy) is 1. The monoisotopic (exact) mass is 612 g/mol. The summed E-state index contributed by atoms with van der Waals surface area (Å²) in [6.07, 6.45) is 3.91. The number of nitrogens with two attached hydrogens (primary N) is 1.